The highest BCUT2D eigenvalue weighted by molar-refractivity contribution is 6.12. The van der Waals surface area contributed by atoms with Crippen molar-refractivity contribution in [3.63, 3.8) is 0 Å². The van der Waals surface area contributed by atoms with E-state index in [9.17, 15) is 0 Å². The normalized spacial score (nSPS) is 11.5. The van der Waals surface area contributed by atoms with Gasteiger partial charge in [0.2, 0.25) is 0 Å². The van der Waals surface area contributed by atoms with Gasteiger partial charge in [0.25, 0.3) is 0 Å². The summed E-state index contributed by atoms with van der Waals surface area (Å²) in [6, 6.07) is 79.4. The zero-order valence-corrected chi connectivity index (χ0v) is 33.6. The zero-order valence-electron chi connectivity index (χ0n) is 33.6. The molecule has 5 heteroatoms. The van der Waals surface area contributed by atoms with Crippen LogP contribution in [0.25, 0.3) is 111 Å². The van der Waals surface area contributed by atoms with Gasteiger partial charge < -0.3 is 9.13 Å². The van der Waals surface area contributed by atoms with Crippen molar-refractivity contribution in [1.29, 1.82) is 0 Å². The fourth-order valence-electron chi connectivity index (χ4n) is 9.06. The van der Waals surface area contributed by atoms with Gasteiger partial charge in [-0.25, -0.2) is 15.0 Å². The van der Waals surface area contributed by atoms with Gasteiger partial charge in [0.1, 0.15) is 0 Å². The smallest absolute Gasteiger partial charge is 0.164 e. The molecule has 0 aliphatic carbocycles. The lowest BCUT2D eigenvalue weighted by Gasteiger charge is -2.15. The molecule has 0 fully saturated rings. The molecular formula is C57H37N5. The minimum atomic E-state index is 0.606. The molecule has 0 N–H and O–H groups in total. The molecular weight excluding hydrogens is 755 g/mol. The zero-order chi connectivity index (χ0) is 41.0. The number of hydrogen-bond acceptors (Lipinski definition) is 3. The van der Waals surface area contributed by atoms with Crippen molar-refractivity contribution in [3.8, 4) is 67.8 Å². The summed E-state index contributed by atoms with van der Waals surface area (Å²) in [6.07, 6.45) is 0. The molecule has 0 saturated heterocycles. The molecule has 0 radical (unpaired) electrons. The van der Waals surface area contributed by atoms with Gasteiger partial charge in [0, 0.05) is 49.6 Å². The first-order chi connectivity index (χ1) is 30.7. The molecule has 9 aromatic carbocycles. The SMILES string of the molecule is c1ccc(-c2cccc(-c3cc(-c4nc(-c5ccccc5)nc(-c5ccccc5)n4)cc(-n4c5ccccc5c5cc(-n6c7ccccc7c7ccccc76)ccc54)c3)c2)cc1. The van der Waals surface area contributed by atoms with Crippen molar-refractivity contribution in [2.45, 2.75) is 0 Å². The standard InChI is InChI=1S/C57H37N5/c1-4-17-38(18-5-1)41-23-16-24-42(33-41)43-34-44(57-59-55(39-19-6-2-7-20-39)58-56(60-57)40-21-8-3-9-22-40)36-46(35-43)62-53-30-15-12-27-49(53)50-37-45(31-32-54(50)62)61-51-28-13-10-25-47(51)48-26-11-14-29-52(48)61/h1-37H. The Kier molecular flexibility index (Phi) is 8.42. The molecule has 0 spiro atoms. The number of fused-ring (bicyclic) bond motifs is 6. The van der Waals surface area contributed by atoms with Gasteiger partial charge in [-0.2, -0.15) is 0 Å². The minimum Gasteiger partial charge on any atom is -0.309 e. The minimum absolute atomic E-state index is 0.606. The van der Waals surface area contributed by atoms with Crippen LogP contribution in [0, 0.1) is 0 Å². The molecule has 62 heavy (non-hydrogen) atoms. The summed E-state index contributed by atoms with van der Waals surface area (Å²) in [5, 5.41) is 4.85. The van der Waals surface area contributed by atoms with Crippen LogP contribution in [0.1, 0.15) is 0 Å². The maximum absolute atomic E-state index is 5.20. The van der Waals surface area contributed by atoms with Crippen LogP contribution in [0.15, 0.2) is 224 Å². The van der Waals surface area contributed by atoms with Gasteiger partial charge in [-0.1, -0.05) is 164 Å². The summed E-state index contributed by atoms with van der Waals surface area (Å²) >= 11 is 0. The van der Waals surface area contributed by atoms with Gasteiger partial charge >= 0.3 is 0 Å². The van der Waals surface area contributed by atoms with E-state index < -0.39 is 0 Å². The quantitative estimate of drug-likeness (QED) is 0.162. The van der Waals surface area contributed by atoms with E-state index in [4.69, 9.17) is 15.0 Å². The monoisotopic (exact) mass is 791 g/mol. The fourth-order valence-corrected chi connectivity index (χ4v) is 9.06. The van der Waals surface area contributed by atoms with Crippen LogP contribution in [0.3, 0.4) is 0 Å². The maximum Gasteiger partial charge on any atom is 0.164 e. The van der Waals surface area contributed by atoms with Crippen molar-refractivity contribution >= 4 is 43.6 Å². The Labute approximate surface area is 358 Å². The first-order valence-corrected chi connectivity index (χ1v) is 20.9. The number of hydrogen-bond donors (Lipinski definition) is 0. The summed E-state index contributed by atoms with van der Waals surface area (Å²) in [4.78, 5) is 15.4. The van der Waals surface area contributed by atoms with E-state index in [-0.39, 0.29) is 0 Å². The highest BCUT2D eigenvalue weighted by atomic mass is 15.0. The van der Waals surface area contributed by atoms with Gasteiger partial charge in [0.05, 0.1) is 22.1 Å². The van der Waals surface area contributed by atoms with Crippen LogP contribution in [0.4, 0.5) is 0 Å². The van der Waals surface area contributed by atoms with Crippen LogP contribution >= 0.6 is 0 Å². The molecule has 0 aliphatic rings. The molecule has 0 saturated carbocycles. The molecule has 290 valence electrons. The Hall–Kier alpha value is -8.41. The average Bonchev–Trinajstić information content (AvgIpc) is 3.87. The summed E-state index contributed by atoms with van der Waals surface area (Å²) in [5.41, 5.74) is 14.0. The van der Waals surface area contributed by atoms with Crippen molar-refractivity contribution in [2.75, 3.05) is 0 Å². The van der Waals surface area contributed by atoms with Gasteiger partial charge in [0.15, 0.2) is 17.5 Å². The number of aromatic nitrogens is 5. The van der Waals surface area contributed by atoms with Crippen LogP contribution in [0.5, 0.6) is 0 Å². The second kappa shape index (κ2) is 14.7. The predicted molar refractivity (Wildman–Crippen MR) is 256 cm³/mol. The third-order valence-electron chi connectivity index (χ3n) is 11.9. The maximum atomic E-state index is 5.20. The van der Waals surface area contributed by atoms with Gasteiger partial charge in [-0.05, 0) is 82.9 Å². The molecule has 3 aromatic heterocycles. The second-order valence-corrected chi connectivity index (χ2v) is 15.7. The topological polar surface area (TPSA) is 48.5 Å². The van der Waals surface area contributed by atoms with Crippen molar-refractivity contribution < 1.29 is 0 Å². The van der Waals surface area contributed by atoms with E-state index in [0.717, 1.165) is 55.8 Å². The Balaban J connectivity index is 1.11. The van der Waals surface area contributed by atoms with E-state index in [1.165, 1.54) is 38.1 Å². The third-order valence-corrected chi connectivity index (χ3v) is 11.9. The predicted octanol–water partition coefficient (Wildman–Crippen LogP) is 14.4. The first kappa shape index (κ1) is 35.5. The lowest BCUT2D eigenvalue weighted by Crippen LogP contribution is -2.02. The van der Waals surface area contributed by atoms with Gasteiger partial charge in [-0.3, -0.25) is 0 Å². The summed E-state index contributed by atoms with van der Waals surface area (Å²) < 4.78 is 4.79. The third kappa shape index (κ3) is 6.06. The highest BCUT2D eigenvalue weighted by Gasteiger charge is 2.19. The largest absolute Gasteiger partial charge is 0.309 e. The molecule has 12 aromatic rings. The number of rotatable bonds is 7. The number of para-hydroxylation sites is 3. The second-order valence-electron chi connectivity index (χ2n) is 15.7. The molecule has 0 unspecified atom stereocenters. The number of benzene rings is 9. The van der Waals surface area contributed by atoms with Crippen molar-refractivity contribution in [2.24, 2.45) is 0 Å². The molecule has 0 bridgehead atoms. The van der Waals surface area contributed by atoms with Crippen LogP contribution in [0.2, 0.25) is 0 Å². The van der Waals surface area contributed by atoms with Gasteiger partial charge in [-0.15, -0.1) is 0 Å². The number of nitrogens with zero attached hydrogens (tertiary/aromatic N) is 5. The summed E-state index contributed by atoms with van der Waals surface area (Å²) in [6.45, 7) is 0. The van der Waals surface area contributed by atoms with Crippen LogP contribution < -0.4 is 0 Å². The lowest BCUT2D eigenvalue weighted by atomic mass is 9.97. The Morgan fingerprint density at radius 2 is 0.613 bits per heavy atom. The highest BCUT2D eigenvalue weighted by Crippen LogP contribution is 2.39. The summed E-state index contributed by atoms with van der Waals surface area (Å²) in [5.74, 6) is 1.86. The average molecular weight is 792 g/mol. The molecule has 3 heterocycles. The van der Waals surface area contributed by atoms with E-state index in [1.54, 1.807) is 0 Å². The van der Waals surface area contributed by atoms with E-state index in [0.29, 0.717) is 17.5 Å². The molecule has 0 atom stereocenters. The molecule has 0 aliphatic heterocycles. The van der Waals surface area contributed by atoms with Crippen molar-refractivity contribution in [3.05, 3.63) is 224 Å². The summed E-state index contributed by atoms with van der Waals surface area (Å²) in [7, 11) is 0. The fraction of sp³-hybridized carbons (Fsp3) is 0. The van der Waals surface area contributed by atoms with E-state index in [1.807, 2.05) is 36.4 Å². The molecule has 5 nitrogen and oxygen atoms in total. The lowest BCUT2D eigenvalue weighted by molar-refractivity contribution is 1.07. The van der Waals surface area contributed by atoms with Crippen LogP contribution in [-0.4, -0.2) is 24.1 Å². The molecule has 12 rings (SSSR count). The Morgan fingerprint density at radius 3 is 1.18 bits per heavy atom. The van der Waals surface area contributed by atoms with E-state index >= 15 is 0 Å². The first-order valence-electron chi connectivity index (χ1n) is 20.9. The molecule has 0 amide bonds. The Bertz CT molecular complexity index is 3510. The van der Waals surface area contributed by atoms with E-state index in [2.05, 4.69) is 197 Å². The Morgan fingerprint density at radius 1 is 0.226 bits per heavy atom. The van der Waals surface area contributed by atoms with Crippen LogP contribution in [-0.2, 0) is 0 Å². The van der Waals surface area contributed by atoms with Crippen molar-refractivity contribution in [1.82, 2.24) is 24.1 Å².